The van der Waals surface area contributed by atoms with E-state index in [-0.39, 0.29) is 23.2 Å². The fraction of sp³-hybridized carbons (Fsp3) is 0.444. The number of thioether (sulfide) groups is 1. The second kappa shape index (κ2) is 9.01. The lowest BCUT2D eigenvalue weighted by Gasteiger charge is -2.26. The van der Waals surface area contributed by atoms with Crippen molar-refractivity contribution in [1.82, 2.24) is 10.2 Å². The molecule has 2 saturated heterocycles. The largest absolute Gasteiger partial charge is 0.508 e. The highest BCUT2D eigenvalue weighted by Crippen LogP contribution is 2.23. The van der Waals surface area contributed by atoms with Crippen molar-refractivity contribution in [3.63, 3.8) is 0 Å². The second-order valence-electron chi connectivity index (χ2n) is 6.57. The van der Waals surface area contributed by atoms with Crippen LogP contribution in [0.15, 0.2) is 28.4 Å². The third-order valence-corrected chi connectivity index (χ3v) is 5.51. The Kier molecular flexibility index (Phi) is 6.46. The van der Waals surface area contributed by atoms with Gasteiger partial charge in [-0.15, -0.1) is 5.10 Å². The van der Waals surface area contributed by atoms with Crippen LogP contribution in [0.2, 0.25) is 0 Å². The molecule has 1 atom stereocenters. The summed E-state index contributed by atoms with van der Waals surface area (Å²) in [5.74, 6) is -1.14. The van der Waals surface area contributed by atoms with Crippen molar-refractivity contribution in [3.8, 4) is 5.75 Å². The first-order valence-corrected chi connectivity index (χ1v) is 9.74. The first-order chi connectivity index (χ1) is 13.0. The van der Waals surface area contributed by atoms with E-state index in [9.17, 15) is 14.7 Å². The number of phenols is 1. The van der Waals surface area contributed by atoms with E-state index < -0.39 is 11.2 Å². The number of likely N-dealkylation sites (tertiary alicyclic amines) is 1. The summed E-state index contributed by atoms with van der Waals surface area (Å²) in [6.07, 6.45) is 4.93. The number of aromatic hydroxyl groups is 1. The molecule has 8 nitrogen and oxygen atoms in total. The van der Waals surface area contributed by atoms with Crippen LogP contribution in [0.25, 0.3) is 0 Å². The van der Waals surface area contributed by atoms with Crippen molar-refractivity contribution in [2.24, 2.45) is 10.2 Å². The number of nitrogens with zero attached hydrogens (tertiary/aromatic N) is 3. The summed E-state index contributed by atoms with van der Waals surface area (Å²) in [5.41, 5.74) is 1.64. The lowest BCUT2D eigenvalue weighted by molar-refractivity contribution is -0.138. The van der Waals surface area contributed by atoms with Gasteiger partial charge in [-0.3, -0.25) is 14.5 Å². The zero-order chi connectivity index (χ0) is 19.2. The summed E-state index contributed by atoms with van der Waals surface area (Å²) >= 11 is 1.06. The van der Waals surface area contributed by atoms with Crippen LogP contribution in [0.5, 0.6) is 5.75 Å². The molecule has 1 aromatic carbocycles. The maximum Gasteiger partial charge on any atom is 0.305 e. The summed E-state index contributed by atoms with van der Waals surface area (Å²) < 4.78 is 0. The lowest BCUT2D eigenvalue weighted by atomic mass is 10.1. The minimum Gasteiger partial charge on any atom is -0.508 e. The smallest absolute Gasteiger partial charge is 0.305 e. The summed E-state index contributed by atoms with van der Waals surface area (Å²) in [5, 5.41) is 28.9. The molecule has 2 aliphatic rings. The number of aliphatic carboxylic acids is 1. The molecule has 1 unspecified atom stereocenters. The number of hydrogen-bond acceptors (Lipinski definition) is 7. The number of amidine groups is 1. The number of carbonyl (C=O) groups is 2. The highest BCUT2D eigenvalue weighted by atomic mass is 32.2. The third kappa shape index (κ3) is 5.54. The van der Waals surface area contributed by atoms with Gasteiger partial charge in [0.05, 0.1) is 12.6 Å². The summed E-state index contributed by atoms with van der Waals surface area (Å²) in [6, 6.07) is 5.26. The van der Waals surface area contributed by atoms with Crippen molar-refractivity contribution in [1.29, 1.82) is 0 Å². The molecule has 0 bridgehead atoms. The van der Waals surface area contributed by atoms with Crippen LogP contribution in [-0.4, -0.2) is 56.7 Å². The number of phenolic OH excluding ortho intramolecular Hbond substituents is 1. The molecule has 2 fully saturated rings. The minimum absolute atomic E-state index is 0.253. The van der Waals surface area contributed by atoms with Gasteiger partial charge in [-0.1, -0.05) is 18.2 Å². The van der Waals surface area contributed by atoms with Crippen LogP contribution in [0.3, 0.4) is 0 Å². The van der Waals surface area contributed by atoms with Crippen molar-refractivity contribution >= 4 is 35.0 Å². The first-order valence-electron chi connectivity index (χ1n) is 8.86. The van der Waals surface area contributed by atoms with Crippen LogP contribution >= 0.6 is 11.8 Å². The lowest BCUT2D eigenvalue weighted by Crippen LogP contribution is -2.29. The molecule has 3 N–H and O–H groups in total. The number of hydrogen-bond donors (Lipinski definition) is 3. The van der Waals surface area contributed by atoms with Gasteiger partial charge in [0.15, 0.2) is 5.17 Å². The topological polar surface area (TPSA) is 115 Å². The molecule has 2 aliphatic heterocycles. The van der Waals surface area contributed by atoms with E-state index in [2.05, 4.69) is 20.4 Å². The summed E-state index contributed by atoms with van der Waals surface area (Å²) in [7, 11) is 0. The summed E-state index contributed by atoms with van der Waals surface area (Å²) in [6.45, 7) is 2.78. The van der Waals surface area contributed by atoms with Crippen molar-refractivity contribution < 1.29 is 19.8 Å². The van der Waals surface area contributed by atoms with Crippen molar-refractivity contribution in [2.75, 3.05) is 13.1 Å². The maximum atomic E-state index is 11.7. The van der Waals surface area contributed by atoms with Crippen LogP contribution < -0.4 is 5.32 Å². The van der Waals surface area contributed by atoms with E-state index in [0.29, 0.717) is 6.54 Å². The van der Waals surface area contributed by atoms with Crippen LogP contribution in [0.4, 0.5) is 0 Å². The van der Waals surface area contributed by atoms with Crippen LogP contribution in [0.1, 0.15) is 36.8 Å². The van der Waals surface area contributed by atoms with E-state index in [4.69, 9.17) is 5.11 Å². The van der Waals surface area contributed by atoms with Gasteiger partial charge in [-0.2, -0.15) is 5.10 Å². The molecule has 2 heterocycles. The Morgan fingerprint density at radius 3 is 2.85 bits per heavy atom. The zero-order valence-electron chi connectivity index (χ0n) is 14.8. The molecule has 0 radical (unpaired) electrons. The molecular weight excluding hydrogens is 368 g/mol. The quantitative estimate of drug-likeness (QED) is 0.504. The monoisotopic (exact) mass is 390 g/mol. The Morgan fingerprint density at radius 1 is 1.33 bits per heavy atom. The predicted molar refractivity (Wildman–Crippen MR) is 104 cm³/mol. The van der Waals surface area contributed by atoms with Gasteiger partial charge in [0.1, 0.15) is 11.0 Å². The molecule has 0 spiro atoms. The molecule has 27 heavy (non-hydrogen) atoms. The third-order valence-electron chi connectivity index (χ3n) is 4.44. The van der Waals surface area contributed by atoms with E-state index in [0.717, 1.165) is 36.0 Å². The Hall–Kier alpha value is -2.39. The van der Waals surface area contributed by atoms with E-state index in [1.54, 1.807) is 18.3 Å². The Labute approximate surface area is 161 Å². The Balaban J connectivity index is 1.62. The number of rotatable bonds is 6. The standard InChI is InChI=1S/C18H22N4O4S/c23-14-5-4-12(8-13(14)11-22-6-2-1-3-7-22)10-19-21-18-20-17(26)15(27-18)9-16(24)25/h4-5,8,10,15,23H,1-3,6-7,9,11H2,(H,24,25)(H,20,21,26). The van der Waals surface area contributed by atoms with Gasteiger partial charge in [0, 0.05) is 12.1 Å². The first kappa shape index (κ1) is 19.4. The molecule has 0 saturated carbocycles. The highest BCUT2D eigenvalue weighted by molar-refractivity contribution is 8.15. The average Bonchev–Trinajstić information content (AvgIpc) is 2.97. The Bertz CT molecular complexity index is 775. The normalized spacial score (nSPS) is 22.4. The van der Waals surface area contributed by atoms with Gasteiger partial charge in [0.25, 0.3) is 0 Å². The number of amides is 1. The van der Waals surface area contributed by atoms with Crippen molar-refractivity contribution in [2.45, 2.75) is 37.5 Å². The molecule has 9 heteroatoms. The van der Waals surface area contributed by atoms with E-state index in [1.807, 2.05) is 6.07 Å². The molecule has 0 aromatic heterocycles. The fourth-order valence-corrected chi connectivity index (χ4v) is 3.98. The number of carboxylic acids is 1. The van der Waals surface area contributed by atoms with Gasteiger partial charge in [-0.05, 0) is 49.7 Å². The number of nitrogens with one attached hydrogen (secondary N) is 1. The number of benzene rings is 1. The number of carbonyl (C=O) groups excluding carboxylic acids is 1. The van der Waals surface area contributed by atoms with Crippen LogP contribution in [-0.2, 0) is 16.1 Å². The summed E-state index contributed by atoms with van der Waals surface area (Å²) in [4.78, 5) is 24.7. The average molecular weight is 390 g/mol. The second-order valence-corrected chi connectivity index (χ2v) is 7.76. The van der Waals surface area contributed by atoms with Gasteiger partial charge >= 0.3 is 5.97 Å². The van der Waals surface area contributed by atoms with Gasteiger partial charge in [-0.25, -0.2) is 0 Å². The minimum atomic E-state index is -1.03. The van der Waals surface area contributed by atoms with E-state index >= 15 is 0 Å². The molecule has 3 rings (SSSR count). The van der Waals surface area contributed by atoms with Gasteiger partial charge < -0.3 is 15.5 Å². The fourth-order valence-electron chi connectivity index (χ4n) is 3.06. The highest BCUT2D eigenvalue weighted by Gasteiger charge is 2.32. The Morgan fingerprint density at radius 2 is 2.11 bits per heavy atom. The molecule has 1 amide bonds. The van der Waals surface area contributed by atoms with Gasteiger partial charge in [0.2, 0.25) is 5.91 Å². The number of carboxylic acid groups (broad SMARTS) is 1. The number of piperidine rings is 1. The molecule has 1 aromatic rings. The molecule has 144 valence electrons. The SMILES string of the molecule is O=C(O)CC1SC(=NN=Cc2ccc(O)c(CN3CCCCC3)c2)NC1=O. The predicted octanol–water partition coefficient (Wildman–Crippen LogP) is 1.77. The zero-order valence-corrected chi connectivity index (χ0v) is 15.6. The van der Waals surface area contributed by atoms with Crippen molar-refractivity contribution in [3.05, 3.63) is 29.3 Å². The van der Waals surface area contributed by atoms with Crippen LogP contribution in [0, 0.1) is 0 Å². The maximum absolute atomic E-state index is 11.7. The molecule has 0 aliphatic carbocycles. The molecular formula is C18H22N4O4S. The van der Waals surface area contributed by atoms with E-state index in [1.165, 1.54) is 19.3 Å².